The van der Waals surface area contributed by atoms with Crippen LogP contribution in [0.15, 0.2) is 54.6 Å². The number of carbonyl (C=O) groups is 12. The molecule has 2 fully saturated rings. The third kappa shape index (κ3) is 23.5. The predicted molar refractivity (Wildman–Crippen MR) is 370 cm³/mol. The Labute approximate surface area is 584 Å². The van der Waals surface area contributed by atoms with Crippen molar-refractivity contribution in [3.8, 4) is 0 Å². The highest BCUT2D eigenvalue weighted by Crippen LogP contribution is 2.25. The maximum atomic E-state index is 15.3. The first-order chi connectivity index (χ1) is 46.3. The largest absolute Gasteiger partial charge is 0.391 e. The van der Waals surface area contributed by atoms with E-state index < -0.39 is 169 Å². The zero-order valence-electron chi connectivity index (χ0n) is 61.5. The predicted octanol–water partition coefficient (Wildman–Crippen LogP) is 4.04. The van der Waals surface area contributed by atoms with Crippen LogP contribution in [0.3, 0.4) is 0 Å². The molecule has 552 valence electrons. The number of hydrogen-bond donors (Lipinski definition) is 5. The number of likely N-dealkylation sites (tertiary alicyclic amines) is 1. The van der Waals surface area contributed by atoms with E-state index in [4.69, 9.17) is 0 Å². The summed E-state index contributed by atoms with van der Waals surface area (Å²) >= 11 is 0. The van der Waals surface area contributed by atoms with Crippen molar-refractivity contribution in [1.29, 1.82) is 0 Å². The molecule has 0 spiro atoms. The molecule has 25 nitrogen and oxygen atoms in total. The van der Waals surface area contributed by atoms with Crippen LogP contribution in [0.4, 0.5) is 8.78 Å². The first-order valence-electron chi connectivity index (χ1n) is 34.7. The first-order valence-corrected chi connectivity index (χ1v) is 34.7. The number of halogens is 2. The average Bonchev–Trinajstić information content (AvgIpc) is 0.841. The zero-order valence-corrected chi connectivity index (χ0v) is 61.5. The summed E-state index contributed by atoms with van der Waals surface area (Å²) in [5, 5.41) is 22.3. The van der Waals surface area contributed by atoms with E-state index in [0.717, 1.165) is 26.0 Å². The van der Waals surface area contributed by atoms with Crippen molar-refractivity contribution in [2.75, 3.05) is 75.5 Å². The number of benzene rings is 2. The van der Waals surface area contributed by atoms with Gasteiger partial charge in [-0.25, -0.2) is 8.78 Å². The van der Waals surface area contributed by atoms with Gasteiger partial charge >= 0.3 is 0 Å². The molecule has 2 heterocycles. The summed E-state index contributed by atoms with van der Waals surface area (Å²) < 4.78 is 27.8. The van der Waals surface area contributed by atoms with Gasteiger partial charge in [0.15, 0.2) is 0 Å². The molecule has 0 aliphatic carbocycles. The van der Waals surface area contributed by atoms with E-state index in [2.05, 4.69) is 21.3 Å². The summed E-state index contributed by atoms with van der Waals surface area (Å²) in [6.45, 7) is 18.4. The molecule has 99 heavy (non-hydrogen) atoms. The van der Waals surface area contributed by atoms with Crippen LogP contribution in [0, 0.1) is 29.6 Å². The molecule has 0 bridgehead atoms. The van der Waals surface area contributed by atoms with Gasteiger partial charge in [-0.15, -0.1) is 0 Å². The van der Waals surface area contributed by atoms with Crippen molar-refractivity contribution in [2.24, 2.45) is 29.6 Å². The lowest BCUT2D eigenvalue weighted by Gasteiger charge is -2.37. The number of carbonyl (C=O) groups excluding carboxylic acids is 12. The minimum Gasteiger partial charge on any atom is -0.391 e. The van der Waals surface area contributed by atoms with Gasteiger partial charge in [-0.05, 0) is 86.2 Å². The van der Waals surface area contributed by atoms with Crippen LogP contribution < -0.4 is 21.3 Å². The summed E-state index contributed by atoms with van der Waals surface area (Å²) in [4.78, 5) is 187. The number of alkyl halides is 2. The molecule has 2 saturated heterocycles. The standard InChI is InChI=1S/C72H112F2N12O13/c1-19-46(10)60-72(99)84(17)55(36-44(6)7)66(93)78-61(47(11)87)71(98)80(13)41-59(90)82(15)56(38-48-26-22-20-23-27-48)70(97)83(16)54(35-43(4)5)64(91)75-51(37-49-28-30-50(31-29-49)63(73)74)68(95)85(18)62(45(8)9)67(94)76-52(69(96)86-32-24-21-25-33-86)39-57(88)79(12)40-58(89)81(14)53(34-42(2)3)65(92)77-60/h20,22-23,26-31,42-47,51-56,60-63,87H,19,21,24-25,32-41H2,1-18H3,(H,75,91)(H,76,94)(H,77,92)(H,78,93)/t46-,47+,51-,52-,53-,54-,55-,56-,60-,61-,62-/m0/s1. The molecular formula is C72H112F2N12O13. The number of rotatable bonds is 16. The molecular weight excluding hydrogens is 1280 g/mol. The van der Waals surface area contributed by atoms with Crippen LogP contribution >= 0.6 is 0 Å². The minimum absolute atomic E-state index is 0.00514. The molecule has 0 unspecified atom stereocenters. The van der Waals surface area contributed by atoms with Crippen LogP contribution in [0.25, 0.3) is 0 Å². The fraction of sp³-hybridized carbons (Fsp3) is 0.667. The second-order valence-electron chi connectivity index (χ2n) is 28.7. The Bertz CT molecular complexity index is 3090. The third-order valence-electron chi connectivity index (χ3n) is 18.9. The average molecular weight is 1390 g/mol. The highest BCUT2D eigenvalue weighted by atomic mass is 19.3. The van der Waals surface area contributed by atoms with Crippen molar-refractivity contribution in [1.82, 2.24) is 60.5 Å². The topological polar surface area (TPSA) is 299 Å². The maximum Gasteiger partial charge on any atom is 0.263 e. The molecule has 11 atom stereocenters. The summed E-state index contributed by atoms with van der Waals surface area (Å²) in [7, 11) is 9.44. The van der Waals surface area contributed by atoms with Gasteiger partial charge in [0.05, 0.1) is 25.6 Å². The molecule has 2 aromatic carbocycles. The Kier molecular flexibility index (Phi) is 32.4. The van der Waals surface area contributed by atoms with Crippen molar-refractivity contribution in [3.63, 3.8) is 0 Å². The number of nitrogens with one attached hydrogen (secondary N) is 4. The lowest BCUT2D eigenvalue weighted by Crippen LogP contribution is -2.62. The van der Waals surface area contributed by atoms with E-state index in [1.165, 1.54) is 100 Å². The quantitative estimate of drug-likeness (QED) is 0.159. The van der Waals surface area contributed by atoms with E-state index in [9.17, 15) is 52.2 Å². The van der Waals surface area contributed by atoms with E-state index in [1.54, 1.807) is 65.0 Å². The molecule has 2 aliphatic heterocycles. The van der Waals surface area contributed by atoms with Gasteiger partial charge in [0.1, 0.15) is 54.4 Å². The van der Waals surface area contributed by atoms with E-state index in [-0.39, 0.29) is 55.4 Å². The van der Waals surface area contributed by atoms with Gasteiger partial charge in [-0.3, -0.25) is 57.5 Å². The summed E-state index contributed by atoms with van der Waals surface area (Å²) in [6.07, 6.45) is -2.79. The van der Waals surface area contributed by atoms with Crippen LogP contribution in [-0.2, 0) is 70.4 Å². The van der Waals surface area contributed by atoms with Crippen LogP contribution in [0.2, 0.25) is 0 Å². The van der Waals surface area contributed by atoms with Gasteiger partial charge in [0.25, 0.3) is 6.43 Å². The number of hydrogen-bond acceptors (Lipinski definition) is 13. The van der Waals surface area contributed by atoms with Crippen molar-refractivity contribution < 1.29 is 71.4 Å². The number of aliphatic hydroxyl groups is 1. The summed E-state index contributed by atoms with van der Waals surface area (Å²) in [5.41, 5.74) is 0.631. The molecule has 2 aromatic rings. The summed E-state index contributed by atoms with van der Waals surface area (Å²) in [6, 6.07) is 1.20. The number of piperidine rings is 1. The molecule has 0 saturated carbocycles. The number of nitrogens with zero attached hydrogens (tertiary/aromatic N) is 8. The van der Waals surface area contributed by atoms with Gasteiger partial charge in [-0.1, -0.05) is 130 Å². The number of likely N-dealkylation sites (N-methyl/N-ethyl adjacent to an activating group) is 7. The zero-order chi connectivity index (χ0) is 74.6. The molecule has 27 heteroatoms. The smallest absolute Gasteiger partial charge is 0.263 e. The van der Waals surface area contributed by atoms with Crippen molar-refractivity contribution in [3.05, 3.63) is 71.3 Å². The lowest BCUT2D eigenvalue weighted by atomic mass is 9.94. The highest BCUT2D eigenvalue weighted by Gasteiger charge is 2.44. The lowest BCUT2D eigenvalue weighted by molar-refractivity contribution is -0.151. The molecule has 5 N–H and O–H groups in total. The van der Waals surface area contributed by atoms with Crippen LogP contribution in [0.1, 0.15) is 151 Å². The monoisotopic (exact) mass is 1390 g/mol. The fourth-order valence-corrected chi connectivity index (χ4v) is 12.5. The van der Waals surface area contributed by atoms with Gasteiger partial charge in [-0.2, -0.15) is 0 Å². The Morgan fingerprint density at radius 3 is 1.44 bits per heavy atom. The van der Waals surface area contributed by atoms with Gasteiger partial charge in [0.2, 0.25) is 70.9 Å². The second-order valence-corrected chi connectivity index (χ2v) is 28.7. The van der Waals surface area contributed by atoms with E-state index >= 15 is 19.2 Å². The molecule has 0 radical (unpaired) electrons. The number of amides is 12. The Morgan fingerprint density at radius 1 is 0.495 bits per heavy atom. The highest BCUT2D eigenvalue weighted by molar-refractivity contribution is 6.00. The van der Waals surface area contributed by atoms with Crippen LogP contribution in [0.5, 0.6) is 0 Å². The van der Waals surface area contributed by atoms with E-state index in [1.807, 2.05) is 34.6 Å². The second kappa shape index (κ2) is 38.5. The minimum atomic E-state index is -2.83. The molecule has 0 aromatic heterocycles. The SMILES string of the molecule is CC[C@H](C)[C@@H]1NC(=O)[C@H](CC(C)C)N(C)C(=O)CN(C)C(=O)C[C@@H](C(=O)N2CCCCC2)NC(=O)[C@H](C(C)C)N(C)C(=O)[C@H](Cc2ccc(C(F)F)cc2)NC(=O)[C@H](CC(C)C)N(C)C(=O)[C@H](Cc2ccccc2)N(C)C(=O)CN(C)C(=O)[C@H]([C@@H](C)O)NC(=O)[C@H](CC(C)C)N(C)C1=O. The van der Waals surface area contributed by atoms with E-state index in [0.29, 0.717) is 43.5 Å². The van der Waals surface area contributed by atoms with Gasteiger partial charge < -0.3 is 65.6 Å². The Balaban J connectivity index is 1.97. The van der Waals surface area contributed by atoms with Gasteiger partial charge in [0, 0.05) is 80.8 Å². The normalized spacial score (nSPS) is 24.8. The molecule has 4 rings (SSSR count). The fourth-order valence-electron chi connectivity index (χ4n) is 12.5. The Hall–Kier alpha value is -8.10. The summed E-state index contributed by atoms with van der Waals surface area (Å²) in [5.74, 6) is -11.1. The maximum absolute atomic E-state index is 15.3. The number of aliphatic hydroxyl groups excluding tert-OH is 1. The first kappa shape index (κ1) is 83.3. The van der Waals surface area contributed by atoms with Crippen molar-refractivity contribution >= 4 is 70.9 Å². The Morgan fingerprint density at radius 2 is 0.960 bits per heavy atom. The van der Waals surface area contributed by atoms with Crippen LogP contribution in [-0.4, -0.2) is 251 Å². The third-order valence-corrected chi connectivity index (χ3v) is 18.9. The van der Waals surface area contributed by atoms with Crippen molar-refractivity contribution in [2.45, 2.75) is 207 Å². The molecule has 2 aliphatic rings. The molecule has 12 amide bonds.